The summed E-state index contributed by atoms with van der Waals surface area (Å²) >= 11 is 7.40. The summed E-state index contributed by atoms with van der Waals surface area (Å²) < 4.78 is 0. The van der Waals surface area contributed by atoms with Gasteiger partial charge in [-0.1, -0.05) is 48.3 Å². The van der Waals surface area contributed by atoms with Crippen molar-refractivity contribution in [3.8, 4) is 10.8 Å². The van der Waals surface area contributed by atoms with E-state index in [1.807, 2.05) is 12.3 Å². The van der Waals surface area contributed by atoms with Crippen LogP contribution >= 0.6 is 0 Å². The van der Waals surface area contributed by atoms with Crippen LogP contribution in [0.15, 0.2) is 23.9 Å². The zero-order chi connectivity index (χ0) is 15.6. The van der Waals surface area contributed by atoms with E-state index in [2.05, 4.69) is 55.8 Å². The molecule has 1 fully saturated rings. The van der Waals surface area contributed by atoms with Crippen LogP contribution in [0.3, 0.4) is 0 Å². The minimum Gasteiger partial charge on any atom is -0.696 e. The summed E-state index contributed by atoms with van der Waals surface area (Å²) in [4.78, 5) is 0. The molecule has 21 heavy (non-hydrogen) atoms. The van der Waals surface area contributed by atoms with Crippen molar-refractivity contribution in [2.24, 2.45) is 5.92 Å². The Morgan fingerprint density at radius 2 is 1.67 bits per heavy atom. The number of thiocyanates is 2. The summed E-state index contributed by atoms with van der Waals surface area (Å²) in [7, 11) is 0. The van der Waals surface area contributed by atoms with Gasteiger partial charge in [0.1, 0.15) is 0 Å². The van der Waals surface area contributed by atoms with Gasteiger partial charge in [0.25, 0.3) is 0 Å². The van der Waals surface area contributed by atoms with Crippen molar-refractivity contribution >= 4 is 25.3 Å². The van der Waals surface area contributed by atoms with E-state index in [4.69, 9.17) is 10.5 Å². The Labute approximate surface area is 150 Å². The molecule has 0 spiro atoms. The van der Waals surface area contributed by atoms with E-state index in [0.717, 1.165) is 25.6 Å². The zero-order valence-electron chi connectivity index (χ0n) is 12.3. The second kappa shape index (κ2) is 21.5. The van der Waals surface area contributed by atoms with Gasteiger partial charge in [0, 0.05) is 17.1 Å². The Morgan fingerprint density at radius 1 is 1.19 bits per heavy atom. The molecule has 1 saturated heterocycles. The van der Waals surface area contributed by atoms with Crippen LogP contribution in [0, 0.1) is 27.2 Å². The quantitative estimate of drug-likeness (QED) is 0.370. The fourth-order valence-electron chi connectivity index (χ4n) is 1.38. The van der Waals surface area contributed by atoms with Crippen molar-refractivity contribution in [3.63, 3.8) is 0 Å². The smallest absolute Gasteiger partial charge is 0 e. The number of allylic oxidation sites excluding steroid dienone is 2. The summed E-state index contributed by atoms with van der Waals surface area (Å²) in [6, 6.07) is 0. The molecule has 2 heterocycles. The van der Waals surface area contributed by atoms with Crippen molar-refractivity contribution in [2.75, 3.05) is 19.6 Å². The molecule has 2 aliphatic heterocycles. The summed E-state index contributed by atoms with van der Waals surface area (Å²) in [5.74, 6) is 0.942. The van der Waals surface area contributed by atoms with E-state index in [0.29, 0.717) is 0 Å². The van der Waals surface area contributed by atoms with Crippen LogP contribution < -0.4 is 0 Å². The van der Waals surface area contributed by atoms with Crippen LogP contribution in [0.25, 0.3) is 10.6 Å². The van der Waals surface area contributed by atoms with Gasteiger partial charge in [-0.2, -0.15) is 6.20 Å². The van der Waals surface area contributed by atoms with Gasteiger partial charge in [0.2, 0.25) is 0 Å². The number of piperidine rings is 1. The van der Waals surface area contributed by atoms with Crippen LogP contribution in [-0.4, -0.2) is 19.6 Å². The maximum absolute atomic E-state index is 7.13. The number of rotatable bonds is 0. The molecule has 0 bridgehead atoms. The second-order valence-electron chi connectivity index (χ2n) is 4.16. The molecule has 7 heteroatoms. The van der Waals surface area contributed by atoms with E-state index in [1.165, 1.54) is 29.2 Å². The molecule has 0 N–H and O–H groups in total. The minimum atomic E-state index is 0. The molecule has 0 unspecified atom stereocenters. The Kier molecular flexibility index (Phi) is 25.7. The van der Waals surface area contributed by atoms with Crippen molar-refractivity contribution in [2.45, 2.75) is 26.7 Å². The molecule has 123 valence electrons. The van der Waals surface area contributed by atoms with Gasteiger partial charge in [0.05, 0.1) is 0 Å². The predicted octanol–water partition coefficient (Wildman–Crippen LogP) is 3.65. The monoisotopic (exact) mass is 371 g/mol. The second-order valence-corrected chi connectivity index (χ2v) is 4.53. The average Bonchev–Trinajstić information content (AvgIpc) is 2.43. The minimum absolute atomic E-state index is 0. The molecule has 0 aliphatic carbocycles. The number of hydrogen-bond donors (Lipinski definition) is 0. The maximum atomic E-state index is 7.13. The molecule has 2 aliphatic rings. The van der Waals surface area contributed by atoms with Crippen LogP contribution in [0.2, 0.25) is 0 Å². The number of hydrogen-bond acceptors (Lipinski definition) is 4. The molecule has 0 aromatic rings. The Balaban J connectivity index is -0.000000220. The van der Waals surface area contributed by atoms with Crippen LogP contribution in [-0.2, 0) is 42.3 Å². The van der Waals surface area contributed by atoms with Crippen LogP contribution in [0.1, 0.15) is 26.7 Å². The third kappa shape index (κ3) is 24.6. The summed E-state index contributed by atoms with van der Waals surface area (Å²) in [5, 5.41) is 25.1. The molecule has 2 rings (SSSR count). The number of nitrogens with zero attached hydrogens (tertiary/aromatic N) is 4. The molecule has 0 saturated carbocycles. The third-order valence-corrected chi connectivity index (χ3v) is 2.52. The fraction of sp³-hybridized carbons (Fsp3) is 0.571. The van der Waals surface area contributed by atoms with E-state index < -0.39 is 0 Å². The molecule has 0 aromatic carbocycles. The van der Waals surface area contributed by atoms with Crippen LogP contribution in [0.4, 0.5) is 0 Å². The molecular formula is C14H20CuN4S2-4. The molecule has 1 radical (unpaired) electrons. The number of nitriles is 2. The predicted molar refractivity (Wildman–Crippen MR) is 88.6 cm³/mol. The first-order chi connectivity index (χ1) is 9.62. The SMILES string of the molecule is CC1=CC[N-]C=C1.CC1CC[N-]CC1.N#C[S-].N#C[S-].[Cu]. The van der Waals surface area contributed by atoms with Gasteiger partial charge >= 0.3 is 0 Å². The largest absolute Gasteiger partial charge is 0.696 e. The average molecular weight is 372 g/mol. The first-order valence-electron chi connectivity index (χ1n) is 6.28. The van der Waals surface area contributed by atoms with Crippen molar-refractivity contribution in [1.82, 2.24) is 0 Å². The van der Waals surface area contributed by atoms with Gasteiger partial charge in [-0.3, -0.25) is 0 Å². The molecule has 0 amide bonds. The summed E-state index contributed by atoms with van der Waals surface area (Å²) in [6.45, 7) is 7.46. The first kappa shape index (κ1) is 25.2. The van der Waals surface area contributed by atoms with Crippen molar-refractivity contribution in [1.29, 1.82) is 10.5 Å². The molecule has 4 nitrogen and oxygen atoms in total. The first-order valence-corrected chi connectivity index (χ1v) is 7.09. The molecular weight excluding hydrogens is 352 g/mol. The van der Waals surface area contributed by atoms with Gasteiger partial charge in [0.15, 0.2) is 0 Å². The fourth-order valence-corrected chi connectivity index (χ4v) is 1.38. The third-order valence-electron chi connectivity index (χ3n) is 2.52. The van der Waals surface area contributed by atoms with E-state index in [1.54, 1.807) is 0 Å². The maximum Gasteiger partial charge on any atom is 0 e. The van der Waals surface area contributed by atoms with E-state index in [9.17, 15) is 0 Å². The molecule has 0 atom stereocenters. The van der Waals surface area contributed by atoms with Crippen molar-refractivity contribution < 1.29 is 17.1 Å². The molecule has 0 aromatic heterocycles. The normalized spacial score (nSPS) is 15.1. The summed E-state index contributed by atoms with van der Waals surface area (Å²) in [5.41, 5.74) is 1.31. The van der Waals surface area contributed by atoms with Crippen molar-refractivity contribution in [3.05, 3.63) is 34.6 Å². The van der Waals surface area contributed by atoms with E-state index in [-0.39, 0.29) is 17.1 Å². The van der Waals surface area contributed by atoms with Crippen LogP contribution in [0.5, 0.6) is 0 Å². The van der Waals surface area contributed by atoms with Gasteiger partial charge in [-0.15, -0.1) is 19.6 Å². The zero-order valence-corrected chi connectivity index (χ0v) is 14.8. The Morgan fingerprint density at radius 3 is 1.86 bits per heavy atom. The summed E-state index contributed by atoms with van der Waals surface area (Å²) in [6.07, 6.45) is 8.58. The van der Waals surface area contributed by atoms with Gasteiger partial charge in [-0.05, 0) is 12.8 Å². The standard InChI is InChI=1S/C6H12N.C6H8N.2CHNS.Cu/c2*1-6-2-4-7-5-3-6;2*2-1-3;/h6H,2-5H2,1H3;2-4H,5H2,1H3;2*3H;/q2*-1;;;/p-2. The van der Waals surface area contributed by atoms with E-state index >= 15 is 0 Å². The Bertz CT molecular complexity index is 341. The topological polar surface area (TPSA) is 75.8 Å². The van der Waals surface area contributed by atoms with Gasteiger partial charge < -0.3 is 35.9 Å². The Hall–Kier alpha value is -0.821. The van der Waals surface area contributed by atoms with Gasteiger partial charge in [-0.25, -0.2) is 10.5 Å².